The van der Waals surface area contributed by atoms with Crippen molar-refractivity contribution < 1.29 is 9.53 Å². The standard InChI is InChI=1S/C12H15NOS.CH3NOS.2CH4/c1-3-4-9(2)10-5-7-11(8-6-10)14-12(13)15;2-1(3)4;;/h5-8H,2-4H2,1H3,(H2,13,15);(H3,2,3,4);2*1H4. The van der Waals surface area contributed by atoms with E-state index in [0.29, 0.717) is 5.75 Å². The van der Waals surface area contributed by atoms with Gasteiger partial charge in [-0.3, -0.25) is 4.79 Å². The number of benzene rings is 1. The van der Waals surface area contributed by atoms with E-state index in [9.17, 15) is 0 Å². The summed E-state index contributed by atoms with van der Waals surface area (Å²) >= 11 is 7.75. The van der Waals surface area contributed by atoms with Crippen LogP contribution in [-0.4, -0.2) is 10.4 Å². The Bertz CT molecular complexity index is 441. The van der Waals surface area contributed by atoms with Gasteiger partial charge in [0.1, 0.15) is 5.75 Å². The number of rotatable bonds is 4. The molecule has 0 fully saturated rings. The van der Waals surface area contributed by atoms with E-state index in [-0.39, 0.29) is 20.0 Å². The Balaban J connectivity index is -0.000000482. The predicted molar refractivity (Wildman–Crippen MR) is 99.8 cm³/mol. The lowest BCUT2D eigenvalue weighted by molar-refractivity contribution is 0.267. The molecule has 0 saturated carbocycles. The van der Waals surface area contributed by atoms with Gasteiger partial charge in [0.2, 0.25) is 0 Å². The van der Waals surface area contributed by atoms with Crippen LogP contribution in [0, 0.1) is 0 Å². The molecule has 6 heteroatoms. The first kappa shape index (κ1) is 24.5. The van der Waals surface area contributed by atoms with Crippen LogP contribution in [0.25, 0.3) is 5.57 Å². The molecule has 0 radical (unpaired) electrons. The largest absolute Gasteiger partial charge is 0.432 e. The van der Waals surface area contributed by atoms with Crippen molar-refractivity contribution in [3.8, 4) is 5.75 Å². The Morgan fingerprint density at radius 2 is 1.71 bits per heavy atom. The van der Waals surface area contributed by atoms with E-state index >= 15 is 0 Å². The maximum Gasteiger partial charge on any atom is 0.273 e. The third kappa shape index (κ3) is 13.2. The molecule has 21 heavy (non-hydrogen) atoms. The smallest absolute Gasteiger partial charge is 0.273 e. The first-order chi connectivity index (χ1) is 8.86. The van der Waals surface area contributed by atoms with Crippen molar-refractivity contribution in [1.29, 1.82) is 0 Å². The van der Waals surface area contributed by atoms with Gasteiger partial charge < -0.3 is 16.2 Å². The van der Waals surface area contributed by atoms with E-state index in [0.717, 1.165) is 24.0 Å². The van der Waals surface area contributed by atoms with Crippen LogP contribution in [0.2, 0.25) is 0 Å². The van der Waals surface area contributed by atoms with E-state index in [1.54, 1.807) is 0 Å². The maximum absolute atomic E-state index is 9.09. The number of thiol groups is 1. The molecule has 120 valence electrons. The Kier molecular flexibility index (Phi) is 15.7. The highest BCUT2D eigenvalue weighted by atomic mass is 32.1. The third-order valence-corrected chi connectivity index (χ3v) is 2.12. The highest BCUT2D eigenvalue weighted by Gasteiger charge is 1.99. The minimum absolute atomic E-state index is 0. The zero-order valence-electron chi connectivity index (χ0n) is 10.8. The van der Waals surface area contributed by atoms with Gasteiger partial charge in [-0.1, -0.05) is 59.5 Å². The summed E-state index contributed by atoms with van der Waals surface area (Å²) in [6.07, 6.45) is 2.11. The van der Waals surface area contributed by atoms with Gasteiger partial charge >= 0.3 is 0 Å². The second-order valence-corrected chi connectivity index (χ2v) is 4.48. The number of carbonyl (C=O) groups is 1. The van der Waals surface area contributed by atoms with Crippen LogP contribution in [0.3, 0.4) is 0 Å². The molecule has 4 nitrogen and oxygen atoms in total. The van der Waals surface area contributed by atoms with E-state index in [1.165, 1.54) is 0 Å². The fourth-order valence-electron chi connectivity index (χ4n) is 1.32. The van der Waals surface area contributed by atoms with Crippen molar-refractivity contribution in [1.82, 2.24) is 0 Å². The average molecular weight is 331 g/mol. The SMILES string of the molecule is C.C.C=C(CCC)c1ccc(OC(N)=S)cc1.NC(=O)S. The molecule has 0 aliphatic carbocycles. The summed E-state index contributed by atoms with van der Waals surface area (Å²) in [7, 11) is 0. The van der Waals surface area contributed by atoms with Crippen molar-refractivity contribution in [3.05, 3.63) is 36.4 Å². The summed E-state index contributed by atoms with van der Waals surface area (Å²) < 4.78 is 5.09. The van der Waals surface area contributed by atoms with Crippen molar-refractivity contribution >= 4 is 40.8 Å². The molecule has 0 unspecified atom stereocenters. The van der Waals surface area contributed by atoms with Crippen LogP contribution in [0.1, 0.15) is 40.2 Å². The molecule has 1 amide bonds. The molecule has 0 aromatic heterocycles. The Hall–Kier alpha value is -1.53. The number of carbonyl (C=O) groups excluding carboxylic acids is 1. The summed E-state index contributed by atoms with van der Waals surface area (Å²) in [5.41, 5.74) is 11.9. The number of thiocarbonyl (C=S) groups is 1. The van der Waals surface area contributed by atoms with Crippen LogP contribution in [-0.2, 0) is 0 Å². The van der Waals surface area contributed by atoms with Gasteiger partial charge in [0.15, 0.2) is 0 Å². The van der Waals surface area contributed by atoms with Crippen molar-refractivity contribution in [2.75, 3.05) is 0 Å². The number of nitrogens with two attached hydrogens (primary N) is 2. The number of hydrogen-bond donors (Lipinski definition) is 3. The highest BCUT2D eigenvalue weighted by Crippen LogP contribution is 2.20. The topological polar surface area (TPSA) is 78.3 Å². The molecule has 0 atom stereocenters. The quantitative estimate of drug-likeness (QED) is 0.565. The summed E-state index contributed by atoms with van der Waals surface area (Å²) in [5.74, 6) is 0.663. The van der Waals surface area contributed by atoms with Gasteiger partial charge in [0.05, 0.1) is 0 Å². The lowest BCUT2D eigenvalue weighted by Crippen LogP contribution is -2.15. The van der Waals surface area contributed by atoms with Crippen molar-refractivity contribution in [2.45, 2.75) is 34.6 Å². The summed E-state index contributed by atoms with van der Waals surface area (Å²) in [6, 6.07) is 7.61. The zero-order chi connectivity index (χ0) is 14.8. The molecule has 0 aliphatic heterocycles. The molecule has 1 aromatic carbocycles. The molecular weight excluding hydrogens is 304 g/mol. The maximum atomic E-state index is 9.09. The third-order valence-electron chi connectivity index (χ3n) is 2.03. The van der Waals surface area contributed by atoms with Gasteiger partial charge in [-0.05, 0) is 41.9 Å². The minimum atomic E-state index is -0.639. The first-order valence-corrected chi connectivity index (χ1v) is 6.46. The molecule has 0 aliphatic rings. The second-order valence-electron chi connectivity index (χ2n) is 3.64. The van der Waals surface area contributed by atoms with Crippen LogP contribution in [0.4, 0.5) is 4.79 Å². The summed E-state index contributed by atoms with van der Waals surface area (Å²) in [4.78, 5) is 9.09. The second kappa shape index (κ2) is 13.5. The van der Waals surface area contributed by atoms with E-state index in [2.05, 4.69) is 44.1 Å². The van der Waals surface area contributed by atoms with E-state index in [4.69, 9.17) is 15.3 Å². The molecule has 4 N–H and O–H groups in total. The summed E-state index contributed by atoms with van der Waals surface area (Å²) in [5, 5.41) is -0.602. The first-order valence-electron chi connectivity index (χ1n) is 5.60. The Labute approximate surface area is 139 Å². The number of hydrogen-bond acceptors (Lipinski definition) is 3. The summed E-state index contributed by atoms with van der Waals surface area (Å²) in [6.45, 7) is 6.15. The van der Waals surface area contributed by atoms with Gasteiger partial charge in [-0.2, -0.15) is 0 Å². The monoisotopic (exact) mass is 330 g/mol. The van der Waals surface area contributed by atoms with E-state index < -0.39 is 5.24 Å². The van der Waals surface area contributed by atoms with E-state index in [1.807, 2.05) is 24.3 Å². The lowest BCUT2D eigenvalue weighted by atomic mass is 10.0. The number of amides is 1. The number of ether oxygens (including phenoxy) is 1. The fraction of sp³-hybridized carbons (Fsp3) is 0.333. The minimum Gasteiger partial charge on any atom is -0.432 e. The molecule has 0 bridgehead atoms. The lowest BCUT2D eigenvalue weighted by Gasteiger charge is -2.06. The van der Waals surface area contributed by atoms with Crippen LogP contribution in [0.5, 0.6) is 5.75 Å². The van der Waals surface area contributed by atoms with Crippen molar-refractivity contribution in [2.24, 2.45) is 11.5 Å². The van der Waals surface area contributed by atoms with Gasteiger partial charge in [0.25, 0.3) is 10.4 Å². The zero-order valence-corrected chi connectivity index (χ0v) is 12.5. The molecule has 1 aromatic rings. The highest BCUT2D eigenvalue weighted by molar-refractivity contribution is 7.96. The van der Waals surface area contributed by atoms with Crippen LogP contribution < -0.4 is 16.2 Å². The molecule has 0 spiro atoms. The molecular formula is C15H26N2O2S2. The molecule has 0 saturated heterocycles. The normalized spacial score (nSPS) is 8.10. The predicted octanol–water partition coefficient (Wildman–Crippen LogP) is 4.39. The Morgan fingerprint density at radius 1 is 1.29 bits per heavy atom. The van der Waals surface area contributed by atoms with Gasteiger partial charge in [-0.15, -0.1) is 0 Å². The average Bonchev–Trinajstić information content (AvgIpc) is 2.28. The van der Waals surface area contributed by atoms with Crippen LogP contribution in [0.15, 0.2) is 30.8 Å². The van der Waals surface area contributed by atoms with Crippen LogP contribution >= 0.6 is 24.8 Å². The van der Waals surface area contributed by atoms with Crippen molar-refractivity contribution in [3.63, 3.8) is 0 Å². The Morgan fingerprint density at radius 3 is 2.05 bits per heavy atom. The number of allylic oxidation sites excluding steroid dienone is 1. The van der Waals surface area contributed by atoms with Gasteiger partial charge in [-0.25, -0.2) is 0 Å². The fourth-order valence-corrected chi connectivity index (χ4v) is 1.42. The molecule has 1 rings (SSSR count). The van der Waals surface area contributed by atoms with Gasteiger partial charge in [0, 0.05) is 0 Å². The molecule has 0 heterocycles. The number of primary amides is 1.